The van der Waals surface area contributed by atoms with E-state index in [0.29, 0.717) is 0 Å². The normalized spacial score (nSPS) is 17.9. The summed E-state index contributed by atoms with van der Waals surface area (Å²) in [6, 6.07) is 44.7. The minimum absolute atomic E-state index is 0.232. The summed E-state index contributed by atoms with van der Waals surface area (Å²) < 4.78 is 2.72. The summed E-state index contributed by atoms with van der Waals surface area (Å²) in [5.41, 5.74) is 10.8. The van der Waals surface area contributed by atoms with Crippen LogP contribution in [-0.4, -0.2) is 0 Å². The third-order valence-corrected chi connectivity index (χ3v) is 9.50. The first-order valence-electron chi connectivity index (χ1n) is 13.6. The average molecular weight is 515 g/mol. The fourth-order valence-corrected chi connectivity index (χ4v) is 7.84. The Bertz CT molecular complexity index is 1950. The Labute approximate surface area is 232 Å². The summed E-state index contributed by atoms with van der Waals surface area (Å²) in [6.45, 7) is 0. The van der Waals surface area contributed by atoms with Crippen molar-refractivity contribution < 1.29 is 0 Å². The lowest BCUT2D eigenvalue weighted by molar-refractivity contribution is 0.650. The quantitative estimate of drug-likeness (QED) is 0.220. The molecule has 1 aromatic heterocycles. The van der Waals surface area contributed by atoms with Crippen molar-refractivity contribution in [1.29, 1.82) is 0 Å². The second-order valence-electron chi connectivity index (χ2n) is 10.4. The molecule has 2 aliphatic carbocycles. The summed E-state index contributed by atoms with van der Waals surface area (Å²) in [4.78, 5) is 0. The molecule has 0 radical (unpaired) electrons. The molecule has 0 saturated heterocycles. The number of benzene rings is 5. The van der Waals surface area contributed by atoms with E-state index >= 15 is 0 Å². The molecular formula is C38H26S. The first-order chi connectivity index (χ1) is 19.4. The van der Waals surface area contributed by atoms with Crippen LogP contribution in [-0.2, 0) is 0 Å². The van der Waals surface area contributed by atoms with Crippen LogP contribution in [0, 0.1) is 5.92 Å². The zero-order valence-corrected chi connectivity index (χ0v) is 22.2. The first-order valence-corrected chi connectivity index (χ1v) is 14.4. The van der Waals surface area contributed by atoms with Crippen molar-refractivity contribution in [3.05, 3.63) is 173 Å². The van der Waals surface area contributed by atoms with Gasteiger partial charge in [0.2, 0.25) is 0 Å². The molecule has 6 aromatic rings. The first kappa shape index (κ1) is 22.5. The molecule has 8 rings (SSSR count). The molecule has 0 nitrogen and oxygen atoms in total. The van der Waals surface area contributed by atoms with Crippen molar-refractivity contribution in [2.45, 2.75) is 5.92 Å². The van der Waals surface area contributed by atoms with E-state index in [2.05, 4.69) is 146 Å². The van der Waals surface area contributed by atoms with Crippen LogP contribution in [0.1, 0.15) is 28.2 Å². The van der Waals surface area contributed by atoms with E-state index < -0.39 is 0 Å². The van der Waals surface area contributed by atoms with Crippen LogP contribution in [0.5, 0.6) is 0 Å². The van der Waals surface area contributed by atoms with Crippen LogP contribution in [0.15, 0.2) is 151 Å². The molecule has 39 heavy (non-hydrogen) atoms. The maximum absolute atomic E-state index is 2.49. The number of hydrogen-bond acceptors (Lipinski definition) is 1. The summed E-state index contributed by atoms with van der Waals surface area (Å²) in [6.07, 6.45) is 9.18. The highest BCUT2D eigenvalue weighted by Gasteiger charge is 2.35. The van der Waals surface area contributed by atoms with E-state index in [9.17, 15) is 0 Å². The minimum Gasteiger partial charge on any atom is -0.135 e. The van der Waals surface area contributed by atoms with Crippen LogP contribution < -0.4 is 0 Å². The third-order valence-electron chi connectivity index (χ3n) is 8.28. The van der Waals surface area contributed by atoms with Gasteiger partial charge in [0, 0.05) is 32.0 Å². The van der Waals surface area contributed by atoms with Crippen molar-refractivity contribution in [2.24, 2.45) is 5.92 Å². The van der Waals surface area contributed by atoms with Crippen LogP contribution in [0.4, 0.5) is 0 Å². The lowest BCUT2D eigenvalue weighted by atomic mass is 9.66. The molecule has 1 heterocycles. The molecule has 184 valence electrons. The number of allylic oxidation sites excluding steroid dienone is 5. The maximum atomic E-state index is 2.49. The highest BCUT2D eigenvalue weighted by atomic mass is 32.1. The second-order valence-corrected chi connectivity index (χ2v) is 11.5. The van der Waals surface area contributed by atoms with Gasteiger partial charge >= 0.3 is 0 Å². The fourth-order valence-electron chi connectivity index (χ4n) is 6.62. The van der Waals surface area contributed by atoms with E-state index in [0.717, 1.165) is 0 Å². The van der Waals surface area contributed by atoms with Crippen molar-refractivity contribution >= 4 is 37.1 Å². The van der Waals surface area contributed by atoms with Gasteiger partial charge in [-0.3, -0.25) is 0 Å². The Morgan fingerprint density at radius 1 is 0.564 bits per heavy atom. The van der Waals surface area contributed by atoms with Crippen molar-refractivity contribution in [1.82, 2.24) is 0 Å². The van der Waals surface area contributed by atoms with Crippen molar-refractivity contribution in [2.75, 3.05) is 0 Å². The molecule has 0 amide bonds. The van der Waals surface area contributed by atoms with Gasteiger partial charge in [0.1, 0.15) is 0 Å². The molecule has 0 aliphatic heterocycles. The Kier molecular flexibility index (Phi) is 5.24. The Balaban J connectivity index is 1.43. The molecule has 0 saturated carbocycles. The molecule has 2 atom stereocenters. The van der Waals surface area contributed by atoms with Gasteiger partial charge in [-0.05, 0) is 62.7 Å². The smallest absolute Gasteiger partial charge is 0.0434 e. The lowest BCUT2D eigenvalue weighted by Gasteiger charge is -2.37. The summed E-state index contributed by atoms with van der Waals surface area (Å²) >= 11 is 1.91. The van der Waals surface area contributed by atoms with Gasteiger partial charge in [0.25, 0.3) is 0 Å². The second kappa shape index (κ2) is 9.08. The summed E-state index contributed by atoms with van der Waals surface area (Å²) in [7, 11) is 0. The van der Waals surface area contributed by atoms with E-state index in [1.807, 2.05) is 11.3 Å². The Morgan fingerprint density at radius 2 is 1.28 bits per heavy atom. The highest BCUT2D eigenvalue weighted by Crippen LogP contribution is 2.52. The van der Waals surface area contributed by atoms with E-state index in [-0.39, 0.29) is 11.8 Å². The van der Waals surface area contributed by atoms with Crippen molar-refractivity contribution in [3.8, 4) is 11.1 Å². The van der Waals surface area contributed by atoms with Crippen molar-refractivity contribution in [3.63, 3.8) is 0 Å². The third kappa shape index (κ3) is 3.58. The molecule has 0 fully saturated rings. The SMILES string of the molecule is C1=CC2=C(c3ccccc3)c3ccccc3C(c3cc(-c4ccccc4)c4sc5ccccc5c4c3)C2C=C1. The zero-order valence-electron chi connectivity index (χ0n) is 21.4. The molecule has 0 N–H and O–H groups in total. The van der Waals surface area contributed by atoms with Gasteiger partial charge in [-0.15, -0.1) is 11.3 Å². The average Bonchev–Trinajstić information content (AvgIpc) is 3.39. The molecule has 1 heteroatoms. The molecule has 2 unspecified atom stereocenters. The minimum atomic E-state index is 0.232. The predicted molar refractivity (Wildman–Crippen MR) is 167 cm³/mol. The van der Waals surface area contributed by atoms with E-state index in [4.69, 9.17) is 0 Å². The van der Waals surface area contributed by atoms with Gasteiger partial charge in [-0.2, -0.15) is 0 Å². The molecule has 0 spiro atoms. The maximum Gasteiger partial charge on any atom is 0.0434 e. The standard InChI is InChI=1S/C38H26S/c1-3-13-25(14-4-1)33-23-27(24-34-28-17-11-12-22-35(28)39-38(33)34)37-31-20-9-7-18-29(31)36(26-15-5-2-6-16-26)30-19-8-10-21-32(30)37/h1-24,31,37H. The fraction of sp³-hybridized carbons (Fsp3) is 0.0526. The zero-order chi connectivity index (χ0) is 25.8. The van der Waals surface area contributed by atoms with Gasteiger partial charge in [-0.1, -0.05) is 127 Å². The van der Waals surface area contributed by atoms with Crippen LogP contribution >= 0.6 is 11.3 Å². The Hall–Kier alpha value is -4.46. The number of rotatable bonds is 3. The molecule has 2 aliphatic rings. The summed E-state index contributed by atoms with van der Waals surface area (Å²) in [5.74, 6) is 0.501. The van der Waals surface area contributed by atoms with Gasteiger partial charge in [-0.25, -0.2) is 0 Å². The highest BCUT2D eigenvalue weighted by molar-refractivity contribution is 7.26. The topological polar surface area (TPSA) is 0 Å². The molecular weight excluding hydrogens is 488 g/mol. The van der Waals surface area contributed by atoms with Gasteiger partial charge in [0.05, 0.1) is 0 Å². The predicted octanol–water partition coefficient (Wildman–Crippen LogP) is 10.4. The van der Waals surface area contributed by atoms with E-state index in [1.165, 1.54) is 64.7 Å². The van der Waals surface area contributed by atoms with Gasteiger partial charge in [0.15, 0.2) is 0 Å². The van der Waals surface area contributed by atoms with Crippen LogP contribution in [0.3, 0.4) is 0 Å². The summed E-state index contributed by atoms with van der Waals surface area (Å²) in [5, 5.41) is 2.71. The molecule has 0 bridgehead atoms. The van der Waals surface area contributed by atoms with Gasteiger partial charge < -0.3 is 0 Å². The van der Waals surface area contributed by atoms with E-state index in [1.54, 1.807) is 0 Å². The number of thiophene rings is 1. The largest absolute Gasteiger partial charge is 0.135 e. The number of hydrogen-bond donors (Lipinski definition) is 0. The molecule has 5 aromatic carbocycles. The monoisotopic (exact) mass is 514 g/mol. The van der Waals surface area contributed by atoms with Crippen LogP contribution in [0.2, 0.25) is 0 Å². The number of fused-ring (bicyclic) bond motifs is 5. The van der Waals surface area contributed by atoms with Crippen LogP contribution in [0.25, 0.3) is 36.9 Å². The Morgan fingerprint density at radius 3 is 2.13 bits per heavy atom. The lowest BCUT2D eigenvalue weighted by Crippen LogP contribution is -2.22.